The highest BCUT2D eigenvalue weighted by Gasteiger charge is 2.47. The number of nitrogens with zero attached hydrogens (tertiary/aromatic N) is 1. The SMILES string of the molecule is COC(CN1C(=O)C(=O)/C(=C(/O)c2ccccc2)C1c1cccs1)OC. The molecule has 1 aromatic carbocycles. The summed E-state index contributed by atoms with van der Waals surface area (Å²) < 4.78 is 10.4. The zero-order chi connectivity index (χ0) is 18.7. The lowest BCUT2D eigenvalue weighted by atomic mass is 10.00. The zero-order valence-corrected chi connectivity index (χ0v) is 15.2. The van der Waals surface area contributed by atoms with E-state index in [1.807, 2.05) is 23.6 Å². The van der Waals surface area contributed by atoms with Crippen molar-refractivity contribution < 1.29 is 24.2 Å². The Hall–Kier alpha value is -2.48. The maximum absolute atomic E-state index is 12.7. The Morgan fingerprint density at radius 1 is 1.15 bits per heavy atom. The van der Waals surface area contributed by atoms with E-state index in [9.17, 15) is 14.7 Å². The number of hydrogen-bond acceptors (Lipinski definition) is 6. The standard InChI is InChI=1S/C19H19NO5S/c1-24-14(25-2)11-20-16(13-9-6-10-26-13)15(18(22)19(20)23)17(21)12-7-4-3-5-8-12/h3-10,14,16,21H,11H2,1-2H3/b17-15+. The molecule has 6 nitrogen and oxygen atoms in total. The summed E-state index contributed by atoms with van der Waals surface area (Å²) in [5.74, 6) is -1.58. The van der Waals surface area contributed by atoms with Gasteiger partial charge in [0.15, 0.2) is 6.29 Å². The molecule has 26 heavy (non-hydrogen) atoms. The van der Waals surface area contributed by atoms with Crippen LogP contribution in [0.5, 0.6) is 0 Å². The van der Waals surface area contributed by atoms with Gasteiger partial charge in [-0.1, -0.05) is 36.4 Å². The predicted octanol–water partition coefficient (Wildman–Crippen LogP) is 2.79. The minimum Gasteiger partial charge on any atom is -0.507 e. The van der Waals surface area contributed by atoms with Crippen LogP contribution < -0.4 is 0 Å². The highest BCUT2D eigenvalue weighted by Crippen LogP contribution is 2.41. The summed E-state index contributed by atoms with van der Waals surface area (Å²) in [5, 5.41) is 12.6. The van der Waals surface area contributed by atoms with E-state index in [4.69, 9.17) is 9.47 Å². The van der Waals surface area contributed by atoms with E-state index >= 15 is 0 Å². The molecule has 1 N–H and O–H groups in total. The van der Waals surface area contributed by atoms with Crippen molar-refractivity contribution in [2.75, 3.05) is 20.8 Å². The van der Waals surface area contributed by atoms with Gasteiger partial charge in [0.05, 0.1) is 18.2 Å². The second-order valence-electron chi connectivity index (χ2n) is 5.73. The van der Waals surface area contributed by atoms with Crippen LogP contribution in [-0.2, 0) is 19.1 Å². The number of likely N-dealkylation sites (tertiary alicyclic amines) is 1. The number of ether oxygens (including phenoxy) is 2. The highest BCUT2D eigenvalue weighted by molar-refractivity contribution is 7.10. The molecule has 0 aliphatic carbocycles. The third-order valence-electron chi connectivity index (χ3n) is 4.27. The molecule has 0 radical (unpaired) electrons. The van der Waals surface area contributed by atoms with Crippen molar-refractivity contribution in [2.45, 2.75) is 12.3 Å². The van der Waals surface area contributed by atoms with Crippen LogP contribution in [0, 0.1) is 0 Å². The van der Waals surface area contributed by atoms with Crippen molar-refractivity contribution in [3.05, 3.63) is 63.9 Å². The maximum Gasteiger partial charge on any atom is 0.295 e. The van der Waals surface area contributed by atoms with E-state index in [-0.39, 0.29) is 17.9 Å². The fourth-order valence-electron chi connectivity index (χ4n) is 2.97. The Bertz CT molecular complexity index is 812. The van der Waals surface area contributed by atoms with Gasteiger partial charge in [0.2, 0.25) is 0 Å². The van der Waals surface area contributed by atoms with Crippen LogP contribution >= 0.6 is 11.3 Å². The van der Waals surface area contributed by atoms with Crippen LogP contribution in [0.3, 0.4) is 0 Å². The van der Waals surface area contributed by atoms with E-state index in [1.165, 1.54) is 30.5 Å². The van der Waals surface area contributed by atoms with Crippen LogP contribution in [0.2, 0.25) is 0 Å². The second kappa shape index (κ2) is 7.82. The van der Waals surface area contributed by atoms with Gasteiger partial charge in [-0.25, -0.2) is 0 Å². The van der Waals surface area contributed by atoms with Gasteiger partial charge in [-0.15, -0.1) is 11.3 Å². The minimum absolute atomic E-state index is 0.0751. The highest BCUT2D eigenvalue weighted by atomic mass is 32.1. The van der Waals surface area contributed by atoms with E-state index in [0.717, 1.165) is 4.88 Å². The van der Waals surface area contributed by atoms with Gasteiger partial charge < -0.3 is 19.5 Å². The number of benzene rings is 1. The van der Waals surface area contributed by atoms with Crippen LogP contribution in [0.25, 0.3) is 5.76 Å². The first-order chi connectivity index (χ1) is 12.6. The number of rotatable bonds is 6. The fraction of sp³-hybridized carbons (Fsp3) is 0.263. The Balaban J connectivity index is 2.11. The van der Waals surface area contributed by atoms with E-state index < -0.39 is 24.0 Å². The lowest BCUT2D eigenvalue weighted by Gasteiger charge is -2.27. The summed E-state index contributed by atoms with van der Waals surface area (Å²) in [6.45, 7) is 0.0751. The number of amides is 1. The Morgan fingerprint density at radius 2 is 1.85 bits per heavy atom. The van der Waals surface area contributed by atoms with Crippen molar-refractivity contribution >= 4 is 28.8 Å². The van der Waals surface area contributed by atoms with E-state index in [2.05, 4.69) is 0 Å². The lowest BCUT2D eigenvalue weighted by molar-refractivity contribution is -0.149. The third kappa shape index (κ3) is 3.29. The average Bonchev–Trinajstić information content (AvgIpc) is 3.28. The molecule has 7 heteroatoms. The normalized spacial score (nSPS) is 19.5. The number of ketones is 1. The molecule has 0 saturated carbocycles. The first kappa shape index (κ1) is 18.3. The summed E-state index contributed by atoms with van der Waals surface area (Å²) in [4.78, 5) is 27.5. The number of Topliss-reactive ketones (excluding diaryl/α,β-unsaturated/α-hetero) is 1. The number of aliphatic hydroxyl groups is 1. The molecule has 2 heterocycles. The Labute approximate surface area is 155 Å². The van der Waals surface area contributed by atoms with Gasteiger partial charge in [0, 0.05) is 24.7 Å². The predicted molar refractivity (Wildman–Crippen MR) is 97.6 cm³/mol. The molecule has 1 atom stereocenters. The smallest absolute Gasteiger partial charge is 0.295 e. The summed E-state index contributed by atoms with van der Waals surface area (Å²) >= 11 is 1.41. The van der Waals surface area contributed by atoms with Crippen molar-refractivity contribution in [1.82, 2.24) is 4.90 Å². The molecule has 0 spiro atoms. The summed E-state index contributed by atoms with van der Waals surface area (Å²) in [7, 11) is 2.93. The lowest BCUT2D eigenvalue weighted by Crippen LogP contribution is -2.37. The quantitative estimate of drug-likeness (QED) is 0.365. The molecule has 1 fully saturated rings. The van der Waals surface area contributed by atoms with Gasteiger partial charge in [-0.05, 0) is 11.4 Å². The fourth-order valence-corrected chi connectivity index (χ4v) is 3.81. The largest absolute Gasteiger partial charge is 0.507 e. The molecular weight excluding hydrogens is 354 g/mol. The van der Waals surface area contributed by atoms with Crippen molar-refractivity contribution in [3.63, 3.8) is 0 Å². The Morgan fingerprint density at radius 3 is 2.42 bits per heavy atom. The molecule has 1 amide bonds. The van der Waals surface area contributed by atoms with Crippen LogP contribution in [0.4, 0.5) is 0 Å². The second-order valence-corrected chi connectivity index (χ2v) is 6.71. The van der Waals surface area contributed by atoms with Crippen LogP contribution in [-0.4, -0.2) is 48.8 Å². The molecule has 3 rings (SSSR count). The van der Waals surface area contributed by atoms with Gasteiger partial charge >= 0.3 is 0 Å². The molecule has 0 bridgehead atoms. The minimum atomic E-state index is -0.712. The Kier molecular flexibility index (Phi) is 5.51. The van der Waals surface area contributed by atoms with Gasteiger partial charge in [-0.2, -0.15) is 0 Å². The summed E-state index contributed by atoms with van der Waals surface area (Å²) in [6.07, 6.45) is -0.674. The van der Waals surface area contributed by atoms with Crippen molar-refractivity contribution in [3.8, 4) is 0 Å². The molecule has 1 unspecified atom stereocenters. The zero-order valence-electron chi connectivity index (χ0n) is 14.4. The van der Waals surface area contributed by atoms with Crippen LogP contribution in [0.15, 0.2) is 53.4 Å². The van der Waals surface area contributed by atoms with Gasteiger partial charge in [0.25, 0.3) is 11.7 Å². The topological polar surface area (TPSA) is 76.1 Å². The third-order valence-corrected chi connectivity index (χ3v) is 5.20. The first-order valence-electron chi connectivity index (χ1n) is 8.01. The van der Waals surface area contributed by atoms with Crippen molar-refractivity contribution in [1.29, 1.82) is 0 Å². The number of hydrogen-bond donors (Lipinski definition) is 1. The monoisotopic (exact) mass is 373 g/mol. The molecular formula is C19H19NO5S. The number of thiophene rings is 1. The number of carbonyl (C=O) groups excluding carboxylic acids is 2. The number of methoxy groups -OCH3 is 2. The molecule has 1 aliphatic rings. The number of aliphatic hydroxyl groups excluding tert-OH is 1. The molecule has 1 saturated heterocycles. The maximum atomic E-state index is 12.7. The molecule has 1 aromatic heterocycles. The van der Waals surface area contributed by atoms with E-state index in [1.54, 1.807) is 24.3 Å². The summed E-state index contributed by atoms with van der Waals surface area (Å²) in [5.41, 5.74) is 0.566. The molecule has 1 aliphatic heterocycles. The van der Waals surface area contributed by atoms with Gasteiger partial charge in [-0.3, -0.25) is 9.59 Å². The first-order valence-corrected chi connectivity index (χ1v) is 8.89. The average molecular weight is 373 g/mol. The van der Waals surface area contributed by atoms with Crippen molar-refractivity contribution in [2.24, 2.45) is 0 Å². The number of carbonyl (C=O) groups is 2. The molecule has 2 aromatic rings. The summed E-state index contributed by atoms with van der Waals surface area (Å²) in [6, 6.07) is 11.7. The van der Waals surface area contributed by atoms with E-state index in [0.29, 0.717) is 5.56 Å². The molecule has 136 valence electrons. The van der Waals surface area contributed by atoms with Gasteiger partial charge in [0.1, 0.15) is 5.76 Å². The van der Waals surface area contributed by atoms with Crippen LogP contribution in [0.1, 0.15) is 16.5 Å².